The maximum Gasteiger partial charge on any atom is 0.165 e. The molecule has 0 atom stereocenters. The summed E-state index contributed by atoms with van der Waals surface area (Å²) in [7, 11) is 1.48. The van der Waals surface area contributed by atoms with Crippen LogP contribution >= 0.6 is 0 Å². The predicted molar refractivity (Wildman–Crippen MR) is 66.6 cm³/mol. The van der Waals surface area contributed by atoms with E-state index in [2.05, 4.69) is 0 Å². The zero-order chi connectivity index (χ0) is 13.3. The summed E-state index contributed by atoms with van der Waals surface area (Å²) in [5.74, 6) is 0.541. The van der Waals surface area contributed by atoms with Crippen molar-refractivity contribution < 1.29 is 19.0 Å². The van der Waals surface area contributed by atoms with E-state index in [-0.39, 0.29) is 11.9 Å². The van der Waals surface area contributed by atoms with Crippen LogP contribution in [0, 0.1) is 5.82 Å². The first-order valence-electron chi connectivity index (χ1n) is 6.19. The van der Waals surface area contributed by atoms with Gasteiger partial charge in [-0.25, -0.2) is 4.39 Å². The summed E-state index contributed by atoms with van der Waals surface area (Å²) in [6.45, 7) is 3.80. The van der Waals surface area contributed by atoms with E-state index in [1.54, 1.807) is 0 Å². The number of aliphatic hydroxyl groups is 1. The third-order valence-corrected chi connectivity index (χ3v) is 3.02. The molecule has 1 aromatic carbocycles. The minimum absolute atomic E-state index is 0.0306. The molecular formula is C14H19FO3. The molecule has 1 aromatic rings. The number of ether oxygens (including phenoxy) is 2. The van der Waals surface area contributed by atoms with Crippen LogP contribution in [0.4, 0.5) is 4.39 Å². The Morgan fingerprint density at radius 3 is 2.56 bits per heavy atom. The number of benzene rings is 1. The van der Waals surface area contributed by atoms with E-state index in [4.69, 9.17) is 9.47 Å². The summed E-state index contributed by atoms with van der Waals surface area (Å²) in [4.78, 5) is 0. The molecule has 0 bridgehead atoms. The van der Waals surface area contributed by atoms with Crippen LogP contribution in [0.3, 0.4) is 0 Å². The van der Waals surface area contributed by atoms with Gasteiger partial charge in [0.1, 0.15) is 5.82 Å². The summed E-state index contributed by atoms with van der Waals surface area (Å²) in [5.41, 5.74) is -0.0194. The van der Waals surface area contributed by atoms with Gasteiger partial charge in [-0.1, -0.05) is 0 Å². The lowest BCUT2D eigenvalue weighted by atomic mass is 10.0. The molecule has 2 rings (SSSR count). The average Bonchev–Trinajstić information content (AvgIpc) is 2.99. The van der Waals surface area contributed by atoms with Gasteiger partial charge >= 0.3 is 0 Å². The molecule has 0 radical (unpaired) electrons. The first kappa shape index (κ1) is 13.1. The van der Waals surface area contributed by atoms with Crippen molar-refractivity contribution in [1.29, 1.82) is 0 Å². The van der Waals surface area contributed by atoms with Crippen LogP contribution in [-0.2, 0) is 6.42 Å². The number of hydrogen-bond acceptors (Lipinski definition) is 3. The highest BCUT2D eigenvalue weighted by Crippen LogP contribution is 2.42. The summed E-state index contributed by atoms with van der Waals surface area (Å²) in [6.07, 6.45) is 1.89. The van der Waals surface area contributed by atoms with E-state index in [0.29, 0.717) is 23.5 Å². The zero-order valence-corrected chi connectivity index (χ0v) is 11.0. The van der Waals surface area contributed by atoms with Crippen molar-refractivity contribution in [1.82, 2.24) is 0 Å². The normalized spacial score (nSPS) is 16.8. The molecule has 0 aromatic heterocycles. The van der Waals surface area contributed by atoms with Gasteiger partial charge in [0, 0.05) is 18.1 Å². The van der Waals surface area contributed by atoms with E-state index in [1.807, 2.05) is 13.8 Å². The first-order valence-corrected chi connectivity index (χ1v) is 6.19. The largest absolute Gasteiger partial charge is 0.493 e. The maximum absolute atomic E-state index is 13.5. The fourth-order valence-electron chi connectivity index (χ4n) is 1.95. The van der Waals surface area contributed by atoms with Gasteiger partial charge < -0.3 is 14.6 Å². The number of methoxy groups -OCH3 is 1. The minimum atomic E-state index is -0.687. The number of rotatable bonds is 5. The molecule has 3 nitrogen and oxygen atoms in total. The van der Waals surface area contributed by atoms with E-state index in [0.717, 1.165) is 12.8 Å². The molecule has 4 heteroatoms. The predicted octanol–water partition coefficient (Wildman–Crippen LogP) is 2.69. The van der Waals surface area contributed by atoms with Gasteiger partial charge in [0.25, 0.3) is 0 Å². The molecule has 0 aliphatic heterocycles. The quantitative estimate of drug-likeness (QED) is 0.878. The molecule has 0 spiro atoms. The zero-order valence-electron chi connectivity index (χ0n) is 11.0. The third-order valence-electron chi connectivity index (χ3n) is 3.02. The second-order valence-corrected chi connectivity index (χ2v) is 5.16. The van der Waals surface area contributed by atoms with Crippen molar-refractivity contribution >= 4 is 0 Å². The molecule has 1 aliphatic carbocycles. The minimum Gasteiger partial charge on any atom is -0.493 e. The standard InChI is InChI=1S/C14H19FO3/c1-9(2)18-13-10(8-14(16)4-5-14)6-11(15)7-12(13)17-3/h6-7,9,16H,4-5,8H2,1-3H3. The maximum atomic E-state index is 13.5. The Morgan fingerprint density at radius 2 is 2.06 bits per heavy atom. The Bertz CT molecular complexity index is 439. The molecule has 0 saturated heterocycles. The monoisotopic (exact) mass is 254 g/mol. The van der Waals surface area contributed by atoms with E-state index >= 15 is 0 Å². The Balaban J connectivity index is 2.36. The topological polar surface area (TPSA) is 38.7 Å². The molecular weight excluding hydrogens is 235 g/mol. The van der Waals surface area contributed by atoms with Gasteiger partial charge in [-0.15, -0.1) is 0 Å². The average molecular weight is 254 g/mol. The van der Waals surface area contributed by atoms with Crippen LogP contribution in [0.25, 0.3) is 0 Å². The van der Waals surface area contributed by atoms with Crippen molar-refractivity contribution in [3.05, 3.63) is 23.5 Å². The van der Waals surface area contributed by atoms with E-state index in [9.17, 15) is 9.50 Å². The van der Waals surface area contributed by atoms with Gasteiger partial charge in [-0.05, 0) is 32.8 Å². The van der Waals surface area contributed by atoms with Crippen LogP contribution in [0.5, 0.6) is 11.5 Å². The smallest absolute Gasteiger partial charge is 0.165 e. The second-order valence-electron chi connectivity index (χ2n) is 5.16. The fraction of sp³-hybridized carbons (Fsp3) is 0.571. The highest BCUT2D eigenvalue weighted by molar-refractivity contribution is 5.48. The Hall–Kier alpha value is -1.29. The van der Waals surface area contributed by atoms with Gasteiger partial charge in [0.15, 0.2) is 11.5 Å². The Morgan fingerprint density at radius 1 is 1.39 bits per heavy atom. The lowest BCUT2D eigenvalue weighted by Crippen LogP contribution is -2.15. The van der Waals surface area contributed by atoms with Crippen LogP contribution in [0.1, 0.15) is 32.3 Å². The van der Waals surface area contributed by atoms with Crippen LogP contribution in [0.15, 0.2) is 12.1 Å². The van der Waals surface area contributed by atoms with Crippen molar-refractivity contribution in [2.45, 2.75) is 44.8 Å². The summed E-state index contributed by atoms with van der Waals surface area (Å²) >= 11 is 0. The Kier molecular flexibility index (Phi) is 3.48. The lowest BCUT2D eigenvalue weighted by molar-refractivity contribution is 0.147. The Labute approximate surface area is 107 Å². The molecule has 1 saturated carbocycles. The van der Waals surface area contributed by atoms with Crippen LogP contribution in [-0.4, -0.2) is 23.9 Å². The molecule has 1 fully saturated rings. The SMILES string of the molecule is COc1cc(F)cc(CC2(O)CC2)c1OC(C)C. The van der Waals surface area contributed by atoms with Crippen molar-refractivity contribution in [2.24, 2.45) is 0 Å². The fourth-order valence-corrected chi connectivity index (χ4v) is 1.95. The summed E-state index contributed by atoms with van der Waals surface area (Å²) in [6, 6.07) is 2.72. The summed E-state index contributed by atoms with van der Waals surface area (Å²) in [5, 5.41) is 9.98. The van der Waals surface area contributed by atoms with Crippen molar-refractivity contribution in [2.75, 3.05) is 7.11 Å². The second kappa shape index (κ2) is 4.76. The number of hydrogen-bond donors (Lipinski definition) is 1. The third kappa shape index (κ3) is 2.93. The van der Waals surface area contributed by atoms with Crippen LogP contribution in [0.2, 0.25) is 0 Å². The highest BCUT2D eigenvalue weighted by atomic mass is 19.1. The lowest BCUT2D eigenvalue weighted by Gasteiger charge is -2.19. The molecule has 0 unspecified atom stereocenters. The molecule has 18 heavy (non-hydrogen) atoms. The van der Waals surface area contributed by atoms with Gasteiger partial charge in [0.2, 0.25) is 0 Å². The van der Waals surface area contributed by atoms with E-state index < -0.39 is 5.60 Å². The molecule has 0 heterocycles. The van der Waals surface area contributed by atoms with Gasteiger partial charge in [-0.2, -0.15) is 0 Å². The molecule has 1 N–H and O–H groups in total. The molecule has 100 valence electrons. The highest BCUT2D eigenvalue weighted by Gasteiger charge is 2.41. The summed E-state index contributed by atoms with van der Waals surface area (Å²) < 4.78 is 24.4. The van der Waals surface area contributed by atoms with Crippen LogP contribution < -0.4 is 9.47 Å². The molecule has 1 aliphatic rings. The molecule has 0 amide bonds. The van der Waals surface area contributed by atoms with Crippen molar-refractivity contribution in [3.63, 3.8) is 0 Å². The van der Waals surface area contributed by atoms with E-state index in [1.165, 1.54) is 19.2 Å². The first-order chi connectivity index (χ1) is 8.43. The van der Waals surface area contributed by atoms with Crippen molar-refractivity contribution in [3.8, 4) is 11.5 Å². The van der Waals surface area contributed by atoms with Gasteiger partial charge in [-0.3, -0.25) is 0 Å². The van der Waals surface area contributed by atoms with Gasteiger partial charge in [0.05, 0.1) is 18.8 Å². The number of halogens is 1.